The van der Waals surface area contributed by atoms with Crippen LogP contribution in [0, 0.1) is 139 Å². The number of nitriles is 2. The van der Waals surface area contributed by atoms with Gasteiger partial charge in [0.25, 0.3) is 0 Å². The SMILES string of the molecule is C=C[CH2][Pd+].CC#N.CC#N.Fc1c(F)c(F)c([B-](c2c(F)c(F)c(F)c(F)c2F)(c2c(F)c(F)c(F)c(F)c2F)c2c(F)c(F)c(F)c(F)c2F)c(F)c1F. The largest absolute Gasteiger partial charge is 0.207 e. The van der Waals surface area contributed by atoms with Crippen molar-refractivity contribution < 1.29 is 107 Å². The minimum atomic E-state index is -7.22. The minimum Gasteiger partial charge on any atom is -0.207 e. The van der Waals surface area contributed by atoms with Crippen molar-refractivity contribution in [3.8, 4) is 12.1 Å². The second-order valence-electron chi connectivity index (χ2n) is 9.67. The maximum Gasteiger partial charge on any atom is 0.200 e. The van der Waals surface area contributed by atoms with Crippen molar-refractivity contribution in [2.24, 2.45) is 0 Å². The Labute approximate surface area is 305 Å². The number of rotatable bonds is 5. The second kappa shape index (κ2) is 19.0. The molecule has 4 aromatic rings. The van der Waals surface area contributed by atoms with E-state index in [1.54, 1.807) is 12.1 Å². The molecule has 0 aromatic heterocycles. The van der Waals surface area contributed by atoms with Gasteiger partial charge in [0.2, 0.25) is 0 Å². The van der Waals surface area contributed by atoms with Gasteiger partial charge in [0.05, 0.1) is 12.1 Å². The molecule has 0 heterocycles. The molecule has 0 aliphatic rings. The summed E-state index contributed by atoms with van der Waals surface area (Å²) in [6.07, 6.45) is -5.41. The fourth-order valence-electron chi connectivity index (χ4n) is 4.87. The molecule has 298 valence electrons. The standard InChI is InChI=1S/C24BF20.C3H5.2C2H3N.Pd/c26-5-1(6(27)14(35)21(42)13(5)34)25(2-7(28)15(36)22(43)16(37)8(2)29,3-9(30)17(38)23(44)18(39)10(3)31)4-11(32)19(40)24(45)20(41)12(4)33;1-3-2;2*1-2-3;/h;3H,1-2H2;2*1H3;/q-1;;;;+1. The molecule has 0 aliphatic heterocycles. The van der Waals surface area contributed by atoms with Gasteiger partial charge >= 0.3 is 36.8 Å². The average Bonchev–Trinajstić information content (AvgIpc) is 3.15. The Morgan fingerprint density at radius 2 is 0.473 bits per heavy atom. The van der Waals surface area contributed by atoms with Gasteiger partial charge in [0.15, 0.2) is 69.8 Å². The fraction of sp³-hybridized carbons (Fsp3) is 0.0968. The van der Waals surface area contributed by atoms with Crippen molar-refractivity contribution in [3.63, 3.8) is 0 Å². The van der Waals surface area contributed by atoms with Crippen LogP contribution in [0.3, 0.4) is 0 Å². The quantitative estimate of drug-likeness (QED) is 0.0670. The van der Waals surface area contributed by atoms with Crippen LogP contribution in [0.5, 0.6) is 0 Å². The minimum absolute atomic E-state index is 0.933. The van der Waals surface area contributed by atoms with Crippen LogP contribution in [0.25, 0.3) is 0 Å². The number of hydrogen-bond acceptors (Lipinski definition) is 2. The Morgan fingerprint density at radius 1 is 0.382 bits per heavy atom. The van der Waals surface area contributed by atoms with Crippen molar-refractivity contribution in [1.29, 1.82) is 10.5 Å². The molecule has 0 unspecified atom stereocenters. The second-order valence-corrected chi connectivity index (χ2v) is 10.3. The zero-order chi connectivity index (χ0) is 43.2. The topological polar surface area (TPSA) is 47.6 Å². The third-order valence-corrected chi connectivity index (χ3v) is 7.25. The third-order valence-electron chi connectivity index (χ3n) is 6.80. The summed E-state index contributed by atoms with van der Waals surface area (Å²) in [4.78, 5) is 0.933. The van der Waals surface area contributed by atoms with Gasteiger partial charge in [-0.15, -0.1) is 21.9 Å². The summed E-state index contributed by atoms with van der Waals surface area (Å²) in [5.74, 6) is -71.4. The molecule has 4 rings (SSSR count). The molecule has 0 aliphatic carbocycles. The first-order chi connectivity index (χ1) is 25.4. The van der Waals surface area contributed by atoms with Gasteiger partial charge in [0.1, 0.15) is 52.7 Å². The van der Waals surface area contributed by atoms with Crippen molar-refractivity contribution in [2.75, 3.05) is 0 Å². The predicted octanol–water partition coefficient (Wildman–Crippen LogP) is 8.04. The van der Waals surface area contributed by atoms with Crippen LogP contribution < -0.4 is 21.9 Å². The molecule has 0 spiro atoms. The molecule has 0 N–H and O–H groups in total. The zero-order valence-electron chi connectivity index (χ0n) is 26.3. The number of allylic oxidation sites excluding steroid dienone is 1. The van der Waals surface area contributed by atoms with Gasteiger partial charge in [-0.25, -0.2) is 87.8 Å². The number of hydrogen-bond donors (Lipinski definition) is 0. The molecule has 0 atom stereocenters. The zero-order valence-corrected chi connectivity index (χ0v) is 27.9. The van der Waals surface area contributed by atoms with Crippen molar-refractivity contribution >= 4 is 28.0 Å². The van der Waals surface area contributed by atoms with Gasteiger partial charge in [-0.2, -0.15) is 10.5 Å². The first kappa shape index (κ1) is 47.9. The van der Waals surface area contributed by atoms with E-state index in [0.717, 1.165) is 4.89 Å². The van der Waals surface area contributed by atoms with Crippen LogP contribution in [0.4, 0.5) is 87.8 Å². The van der Waals surface area contributed by atoms with E-state index in [2.05, 4.69) is 25.8 Å². The summed E-state index contributed by atoms with van der Waals surface area (Å²) in [7, 11) is 0. The van der Waals surface area contributed by atoms with E-state index in [0.29, 0.717) is 0 Å². The van der Waals surface area contributed by atoms with E-state index in [-0.39, 0.29) is 0 Å². The van der Waals surface area contributed by atoms with Crippen LogP contribution in [0.15, 0.2) is 12.7 Å². The maximum absolute atomic E-state index is 15.4. The molecule has 0 saturated carbocycles. The van der Waals surface area contributed by atoms with Crippen LogP contribution in [0.1, 0.15) is 13.8 Å². The van der Waals surface area contributed by atoms with E-state index < -0.39 is 144 Å². The van der Waals surface area contributed by atoms with Crippen molar-refractivity contribution in [3.05, 3.63) is 129 Å². The molecule has 0 saturated heterocycles. The molecular weight excluding hydrogens is 898 g/mol. The smallest absolute Gasteiger partial charge is 0.200 e. The van der Waals surface area contributed by atoms with Gasteiger partial charge < -0.3 is 0 Å². The van der Waals surface area contributed by atoms with Crippen molar-refractivity contribution in [1.82, 2.24) is 0 Å². The Balaban J connectivity index is 0.00000136. The summed E-state index contributed by atoms with van der Waals surface area (Å²) in [5.41, 5.74) is -14.3. The van der Waals surface area contributed by atoms with Crippen LogP contribution >= 0.6 is 0 Å². The predicted molar refractivity (Wildman–Crippen MR) is 147 cm³/mol. The first-order valence-electron chi connectivity index (χ1n) is 13.4. The third kappa shape index (κ3) is 8.02. The number of nitrogens with zero attached hydrogens (tertiary/aromatic N) is 2. The Hall–Kier alpha value is -5.07. The summed E-state index contributed by atoms with van der Waals surface area (Å²) in [6, 6.07) is 3.50. The summed E-state index contributed by atoms with van der Waals surface area (Å²) in [5, 5.41) is 14.6. The average molecular weight is 909 g/mol. The van der Waals surface area contributed by atoms with Gasteiger partial charge in [-0.05, 0) is 0 Å². The normalized spacial score (nSPS) is 10.6. The van der Waals surface area contributed by atoms with E-state index in [9.17, 15) is 52.7 Å². The molecule has 0 radical (unpaired) electrons. The van der Waals surface area contributed by atoms with E-state index in [1.165, 1.54) is 13.8 Å². The first-order valence-corrected chi connectivity index (χ1v) is 14.5. The van der Waals surface area contributed by atoms with E-state index >= 15 is 35.1 Å². The molecular formula is C31H11BF20N2Pd. The van der Waals surface area contributed by atoms with E-state index in [1.807, 2.05) is 6.08 Å². The number of benzene rings is 4. The van der Waals surface area contributed by atoms with Gasteiger partial charge in [-0.1, -0.05) is 0 Å². The molecule has 2 nitrogen and oxygen atoms in total. The molecule has 4 aromatic carbocycles. The Morgan fingerprint density at radius 3 is 0.564 bits per heavy atom. The monoisotopic (exact) mass is 908 g/mol. The summed E-state index contributed by atoms with van der Waals surface area (Å²) in [6.45, 7) is 6.30. The van der Waals surface area contributed by atoms with Crippen LogP contribution in [-0.4, -0.2) is 6.15 Å². The Bertz CT molecular complexity index is 1840. The molecule has 0 fully saturated rings. The summed E-state index contributed by atoms with van der Waals surface area (Å²) >= 11 is 2.92. The maximum atomic E-state index is 15.4. The molecule has 0 amide bonds. The molecule has 0 bridgehead atoms. The van der Waals surface area contributed by atoms with Crippen LogP contribution in [-0.2, 0) is 19.2 Å². The molecule has 24 heteroatoms. The van der Waals surface area contributed by atoms with Crippen molar-refractivity contribution in [2.45, 2.75) is 18.7 Å². The number of halogens is 20. The Kier molecular flexibility index (Phi) is 16.6. The molecule has 55 heavy (non-hydrogen) atoms. The summed E-state index contributed by atoms with van der Waals surface area (Å²) < 4.78 is 294. The van der Waals surface area contributed by atoms with Gasteiger partial charge in [0, 0.05) is 13.8 Å². The van der Waals surface area contributed by atoms with E-state index in [4.69, 9.17) is 10.5 Å². The van der Waals surface area contributed by atoms with Gasteiger partial charge in [-0.3, -0.25) is 0 Å². The fourth-order valence-corrected chi connectivity index (χ4v) is 4.87. The van der Waals surface area contributed by atoms with Crippen LogP contribution in [0.2, 0.25) is 4.89 Å².